The van der Waals surface area contributed by atoms with Crippen molar-refractivity contribution in [2.24, 2.45) is 5.16 Å². The number of benzene rings is 4. The molecule has 2 aromatic heterocycles. The van der Waals surface area contributed by atoms with Crippen molar-refractivity contribution in [1.29, 1.82) is 0 Å². The highest BCUT2D eigenvalue weighted by atomic mass is 16.7. The molecule has 0 fully saturated rings. The second-order valence-electron chi connectivity index (χ2n) is 13.0. The molecule has 12 nitrogen and oxygen atoms in total. The molecule has 56 heavy (non-hydrogen) atoms. The number of carboxylic acids is 1. The lowest BCUT2D eigenvalue weighted by atomic mass is 10.00. The molecular formula is C44H45N7O5. The van der Waals surface area contributed by atoms with Crippen molar-refractivity contribution in [2.45, 2.75) is 39.2 Å². The van der Waals surface area contributed by atoms with E-state index in [1.54, 1.807) is 36.9 Å². The van der Waals surface area contributed by atoms with Crippen molar-refractivity contribution in [3.05, 3.63) is 139 Å². The highest BCUT2D eigenvalue weighted by Crippen LogP contribution is 2.37. The van der Waals surface area contributed by atoms with Crippen LogP contribution in [0.1, 0.15) is 43.4 Å². The van der Waals surface area contributed by atoms with E-state index >= 15 is 0 Å². The van der Waals surface area contributed by atoms with E-state index in [9.17, 15) is 19.8 Å². The van der Waals surface area contributed by atoms with Crippen molar-refractivity contribution in [3.8, 4) is 39.7 Å². The monoisotopic (exact) mass is 751 g/mol. The third-order valence-electron chi connectivity index (χ3n) is 9.32. The molecule has 1 aliphatic rings. The Morgan fingerprint density at radius 1 is 0.946 bits per heavy atom. The first kappa shape index (κ1) is 38.8. The number of aromatic hydroxyl groups is 1. The van der Waals surface area contributed by atoms with Gasteiger partial charge in [0.25, 0.3) is 0 Å². The number of phenolic OH excluding ortho intramolecular Hbond substituents is 1. The van der Waals surface area contributed by atoms with E-state index in [2.05, 4.69) is 56.3 Å². The quantitative estimate of drug-likeness (QED) is 0.0557. The molecule has 0 saturated carbocycles. The summed E-state index contributed by atoms with van der Waals surface area (Å²) in [4.78, 5) is 45.9. The first-order valence-electron chi connectivity index (χ1n) is 18.6. The van der Waals surface area contributed by atoms with Gasteiger partial charge in [-0.15, -0.1) is 0 Å². The second kappa shape index (κ2) is 18.9. The summed E-state index contributed by atoms with van der Waals surface area (Å²) in [6.07, 6.45) is 9.38. The van der Waals surface area contributed by atoms with Gasteiger partial charge in [0.2, 0.25) is 12.0 Å². The number of H-pyrrole nitrogens is 2. The van der Waals surface area contributed by atoms with Gasteiger partial charge in [0.1, 0.15) is 11.6 Å². The van der Waals surface area contributed by atoms with E-state index in [4.69, 9.17) is 9.82 Å². The molecule has 12 heteroatoms. The molecule has 0 radical (unpaired) electrons. The number of aliphatic carboxylic acids is 1. The van der Waals surface area contributed by atoms with Gasteiger partial charge in [0.05, 0.1) is 29.0 Å². The lowest BCUT2D eigenvalue weighted by Gasteiger charge is -2.21. The van der Waals surface area contributed by atoms with Gasteiger partial charge in [-0.2, -0.15) is 0 Å². The number of nitrogens with one attached hydrogen (secondary N) is 3. The number of aryl methyl sites for hydroxylation is 1. The molecule has 1 aliphatic heterocycles. The Balaban J connectivity index is 0.000000985. The maximum atomic E-state index is 12.5. The minimum atomic E-state index is -1.05. The molecule has 0 aliphatic carbocycles. The van der Waals surface area contributed by atoms with Gasteiger partial charge in [-0.3, -0.25) is 4.79 Å². The van der Waals surface area contributed by atoms with Crippen molar-refractivity contribution >= 4 is 29.4 Å². The van der Waals surface area contributed by atoms with Gasteiger partial charge in [-0.05, 0) is 61.6 Å². The number of nitrogens with zero attached hydrogens (tertiary/aromatic N) is 4. The van der Waals surface area contributed by atoms with Crippen LogP contribution in [0.5, 0.6) is 5.75 Å². The van der Waals surface area contributed by atoms with Gasteiger partial charge >= 0.3 is 5.97 Å². The molecule has 1 unspecified atom stereocenters. The summed E-state index contributed by atoms with van der Waals surface area (Å²) in [6, 6.07) is 31.2. The molecule has 6 aromatic rings. The van der Waals surface area contributed by atoms with E-state index in [1.807, 2.05) is 78.9 Å². The Bertz CT molecular complexity index is 2230. The Labute approximate surface area is 325 Å². The minimum absolute atomic E-state index is 0.118. The predicted octanol–water partition coefficient (Wildman–Crippen LogP) is 7.71. The van der Waals surface area contributed by atoms with Crippen LogP contribution in [-0.2, 0) is 20.8 Å². The number of carboxylic acid groups (broad SMARTS) is 1. The van der Waals surface area contributed by atoms with E-state index in [0.717, 1.165) is 59.6 Å². The van der Waals surface area contributed by atoms with Crippen LogP contribution in [0.3, 0.4) is 0 Å². The third-order valence-corrected chi connectivity index (χ3v) is 9.32. The van der Waals surface area contributed by atoms with Crippen LogP contribution in [0.4, 0.5) is 5.69 Å². The van der Waals surface area contributed by atoms with Gasteiger partial charge in [-0.1, -0.05) is 84.0 Å². The van der Waals surface area contributed by atoms with E-state index in [1.165, 1.54) is 5.56 Å². The minimum Gasteiger partial charge on any atom is -0.507 e. The summed E-state index contributed by atoms with van der Waals surface area (Å²) >= 11 is 0. The van der Waals surface area contributed by atoms with Gasteiger partial charge in [0, 0.05) is 67.4 Å². The molecule has 0 spiro atoms. The molecular weight excluding hydrogens is 707 g/mol. The molecule has 7 rings (SSSR count). The van der Waals surface area contributed by atoms with Crippen LogP contribution in [0.15, 0.2) is 127 Å². The first-order valence-corrected chi connectivity index (χ1v) is 18.6. The Kier molecular flexibility index (Phi) is 13.1. The second-order valence-corrected chi connectivity index (χ2v) is 13.0. The summed E-state index contributed by atoms with van der Waals surface area (Å²) < 4.78 is 0. The molecule has 1 amide bonds. The average Bonchev–Trinajstić information content (AvgIpc) is 4.04. The van der Waals surface area contributed by atoms with Crippen LogP contribution in [-0.4, -0.2) is 73.5 Å². The number of aromatic nitrogens is 4. The SMILES string of the molecule is CCN(CC)c1ccc(-c2nc(-c3ccc(C4=NOC(C(=O)O)C4)cc3)c(-c3ccc(/C=C/C(=O)NCCCc4ccccc4)cc3)[nH]2)c(O)c1.c1c[nH]cn1. The maximum absolute atomic E-state index is 12.5. The zero-order valence-corrected chi connectivity index (χ0v) is 31.4. The number of anilines is 1. The zero-order valence-electron chi connectivity index (χ0n) is 31.4. The number of carbonyl (C=O) groups is 2. The smallest absolute Gasteiger partial charge is 0.348 e. The van der Waals surface area contributed by atoms with Crippen LogP contribution in [0, 0.1) is 0 Å². The summed E-state index contributed by atoms with van der Waals surface area (Å²) in [5.74, 6) is -0.561. The lowest BCUT2D eigenvalue weighted by molar-refractivity contribution is -0.148. The van der Waals surface area contributed by atoms with Gasteiger partial charge < -0.3 is 35.2 Å². The van der Waals surface area contributed by atoms with Crippen LogP contribution in [0.2, 0.25) is 0 Å². The third kappa shape index (κ3) is 9.97. The van der Waals surface area contributed by atoms with Crippen molar-refractivity contribution in [1.82, 2.24) is 25.3 Å². The maximum Gasteiger partial charge on any atom is 0.348 e. The topological polar surface area (TPSA) is 169 Å². The Morgan fingerprint density at radius 2 is 1.68 bits per heavy atom. The fraction of sp³-hybridized carbons (Fsp3) is 0.205. The molecule has 5 N–H and O–H groups in total. The number of phenols is 1. The summed E-state index contributed by atoms with van der Waals surface area (Å²) in [7, 11) is 0. The summed E-state index contributed by atoms with van der Waals surface area (Å²) in [6.45, 7) is 6.39. The fourth-order valence-corrected chi connectivity index (χ4v) is 6.28. The van der Waals surface area contributed by atoms with E-state index in [0.29, 0.717) is 29.3 Å². The molecule has 4 aromatic carbocycles. The van der Waals surface area contributed by atoms with Gasteiger partial charge in [0.15, 0.2) is 0 Å². The Morgan fingerprint density at radius 3 is 2.30 bits per heavy atom. The Hall–Kier alpha value is -6.95. The highest BCUT2D eigenvalue weighted by Gasteiger charge is 2.28. The number of hydrogen-bond acceptors (Lipinski definition) is 8. The molecule has 286 valence electrons. The number of hydrogen-bond donors (Lipinski definition) is 5. The van der Waals surface area contributed by atoms with Crippen molar-refractivity contribution < 1.29 is 24.6 Å². The van der Waals surface area contributed by atoms with E-state index < -0.39 is 12.1 Å². The summed E-state index contributed by atoms with van der Waals surface area (Å²) in [5.41, 5.74) is 8.07. The average molecular weight is 752 g/mol. The largest absolute Gasteiger partial charge is 0.507 e. The number of amides is 1. The van der Waals surface area contributed by atoms with Crippen LogP contribution >= 0.6 is 0 Å². The molecule has 1 atom stereocenters. The van der Waals surface area contributed by atoms with Gasteiger partial charge in [-0.25, -0.2) is 14.8 Å². The van der Waals surface area contributed by atoms with Crippen LogP contribution < -0.4 is 10.2 Å². The fourth-order valence-electron chi connectivity index (χ4n) is 6.28. The number of aromatic amines is 2. The number of carbonyl (C=O) groups excluding carboxylic acids is 1. The summed E-state index contributed by atoms with van der Waals surface area (Å²) in [5, 5.41) is 27.3. The van der Waals surface area contributed by atoms with Crippen LogP contribution in [0.25, 0.3) is 40.0 Å². The number of oxime groups is 1. The predicted molar refractivity (Wildman–Crippen MR) is 219 cm³/mol. The first-order chi connectivity index (χ1) is 27.3. The number of imidazole rings is 2. The molecule has 0 saturated heterocycles. The van der Waals surface area contributed by atoms with Crippen molar-refractivity contribution in [2.75, 3.05) is 24.5 Å². The van der Waals surface area contributed by atoms with E-state index in [-0.39, 0.29) is 18.1 Å². The molecule has 0 bridgehead atoms. The zero-order chi connectivity index (χ0) is 39.3. The highest BCUT2D eigenvalue weighted by molar-refractivity contribution is 6.03. The standard InChI is InChI=1S/C41H41N5O5.C3H4N2/c1-3-46(4-2)32-21-22-33(35(47)25-32)40-43-38(39(44-40)31-19-17-29(18-20-31)34-26-36(41(49)50)51-45-34)30-15-12-28(13-16-30)14-23-37(48)42-24-8-11-27-9-6-5-7-10-27;1-2-5-3-4-1/h5-7,9-10,12-23,25,36,47H,3-4,8,11,24,26H2,1-2H3,(H,42,48)(H,43,44)(H,49,50);1-3H,(H,4,5)/b23-14+;. The van der Waals surface area contributed by atoms with Crippen molar-refractivity contribution in [3.63, 3.8) is 0 Å². The normalized spacial score (nSPS) is 13.4. The lowest BCUT2D eigenvalue weighted by Crippen LogP contribution is -2.22. The molecule has 3 heterocycles. The number of rotatable bonds is 14.